The fourth-order valence-corrected chi connectivity index (χ4v) is 2.85. The molecule has 0 aromatic rings. The van der Waals surface area contributed by atoms with Gasteiger partial charge in [-0.3, -0.25) is 0 Å². The van der Waals surface area contributed by atoms with Gasteiger partial charge in [-0.1, -0.05) is 11.8 Å². The van der Waals surface area contributed by atoms with Crippen LogP contribution in [-0.2, 0) is 9.84 Å². The van der Waals surface area contributed by atoms with Crippen LogP contribution in [0.25, 0.3) is 0 Å². The third-order valence-electron chi connectivity index (χ3n) is 1.86. The number of rotatable bonds is 1. The van der Waals surface area contributed by atoms with Crippen molar-refractivity contribution < 1.29 is 8.42 Å². The number of nitrogens with one attached hydrogen (secondary N) is 1. The highest BCUT2D eigenvalue weighted by molar-refractivity contribution is 7.92. The molecule has 3 nitrogen and oxygen atoms in total. The van der Waals surface area contributed by atoms with Crippen molar-refractivity contribution in [1.82, 2.24) is 5.32 Å². The molecular weight excluding hydrogens is 174 g/mol. The SMILES string of the molecule is CNCC#CC1CCCS1(=O)=O. The maximum atomic E-state index is 11.2. The lowest BCUT2D eigenvalue weighted by molar-refractivity contribution is 0.598. The van der Waals surface area contributed by atoms with Crippen LogP contribution in [0.2, 0.25) is 0 Å². The second-order valence-corrected chi connectivity index (χ2v) is 5.15. The van der Waals surface area contributed by atoms with E-state index in [0.717, 1.165) is 6.42 Å². The van der Waals surface area contributed by atoms with E-state index in [1.54, 1.807) is 7.05 Å². The molecule has 1 unspecified atom stereocenters. The first-order chi connectivity index (χ1) is 5.67. The lowest BCUT2D eigenvalue weighted by atomic mass is 10.2. The fourth-order valence-electron chi connectivity index (χ4n) is 1.21. The van der Waals surface area contributed by atoms with Crippen LogP contribution < -0.4 is 5.32 Å². The van der Waals surface area contributed by atoms with Crippen LogP contribution >= 0.6 is 0 Å². The second-order valence-electron chi connectivity index (χ2n) is 2.85. The largest absolute Gasteiger partial charge is 0.309 e. The van der Waals surface area contributed by atoms with Gasteiger partial charge in [0.2, 0.25) is 0 Å². The first-order valence-electron chi connectivity index (χ1n) is 4.01. The van der Waals surface area contributed by atoms with Crippen molar-refractivity contribution in [1.29, 1.82) is 0 Å². The minimum atomic E-state index is -2.87. The van der Waals surface area contributed by atoms with E-state index in [-0.39, 0.29) is 0 Å². The zero-order chi connectivity index (χ0) is 9.03. The van der Waals surface area contributed by atoms with Gasteiger partial charge in [0.15, 0.2) is 9.84 Å². The second kappa shape index (κ2) is 3.92. The highest BCUT2D eigenvalue weighted by Crippen LogP contribution is 2.18. The Morgan fingerprint density at radius 2 is 2.33 bits per heavy atom. The van der Waals surface area contributed by atoms with Crippen LogP contribution in [0.5, 0.6) is 0 Å². The van der Waals surface area contributed by atoms with Crippen LogP contribution in [0, 0.1) is 11.8 Å². The van der Waals surface area contributed by atoms with Gasteiger partial charge in [-0.2, -0.15) is 0 Å². The van der Waals surface area contributed by atoms with Crippen LogP contribution in [0.1, 0.15) is 12.8 Å². The molecule has 0 aliphatic carbocycles. The predicted molar refractivity (Wildman–Crippen MR) is 48.5 cm³/mol. The zero-order valence-corrected chi connectivity index (χ0v) is 7.95. The first-order valence-corrected chi connectivity index (χ1v) is 5.73. The third kappa shape index (κ3) is 2.23. The Labute approximate surface area is 73.5 Å². The zero-order valence-electron chi connectivity index (χ0n) is 7.13. The molecule has 1 N–H and O–H groups in total. The average molecular weight is 187 g/mol. The van der Waals surface area contributed by atoms with E-state index in [1.807, 2.05) is 0 Å². The molecule has 0 aromatic carbocycles. The summed E-state index contributed by atoms with van der Waals surface area (Å²) in [6.07, 6.45) is 1.47. The molecule has 0 radical (unpaired) electrons. The highest BCUT2D eigenvalue weighted by Gasteiger charge is 2.29. The molecule has 1 aliphatic heterocycles. The van der Waals surface area contributed by atoms with E-state index in [9.17, 15) is 8.42 Å². The molecule has 1 atom stereocenters. The fraction of sp³-hybridized carbons (Fsp3) is 0.750. The van der Waals surface area contributed by atoms with Crippen molar-refractivity contribution in [2.45, 2.75) is 18.1 Å². The summed E-state index contributed by atoms with van der Waals surface area (Å²) >= 11 is 0. The van der Waals surface area contributed by atoms with Crippen LogP contribution in [-0.4, -0.2) is 33.0 Å². The van der Waals surface area contributed by atoms with Gasteiger partial charge in [0.1, 0.15) is 5.25 Å². The summed E-state index contributed by atoms with van der Waals surface area (Å²) in [4.78, 5) is 0. The Bertz CT molecular complexity index is 297. The smallest absolute Gasteiger partial charge is 0.164 e. The van der Waals surface area contributed by atoms with E-state index in [4.69, 9.17) is 0 Å². The Morgan fingerprint density at radius 3 is 2.83 bits per heavy atom. The summed E-state index contributed by atoms with van der Waals surface area (Å²) in [5, 5.41) is 2.45. The summed E-state index contributed by atoms with van der Waals surface area (Å²) < 4.78 is 22.5. The van der Waals surface area contributed by atoms with Gasteiger partial charge in [0.05, 0.1) is 12.3 Å². The number of hydrogen-bond donors (Lipinski definition) is 1. The van der Waals surface area contributed by atoms with Gasteiger partial charge in [-0.25, -0.2) is 8.42 Å². The van der Waals surface area contributed by atoms with Crippen molar-refractivity contribution in [2.75, 3.05) is 19.3 Å². The minimum absolute atomic E-state index is 0.311. The summed E-state index contributed by atoms with van der Waals surface area (Å²) in [7, 11) is -1.08. The van der Waals surface area contributed by atoms with Crippen LogP contribution in [0.4, 0.5) is 0 Å². The quantitative estimate of drug-likeness (QED) is 0.578. The molecule has 4 heteroatoms. The average Bonchev–Trinajstić information content (AvgIpc) is 2.32. The van der Waals surface area contributed by atoms with Gasteiger partial charge in [-0.15, -0.1) is 0 Å². The molecule has 68 valence electrons. The van der Waals surface area contributed by atoms with Gasteiger partial charge in [0, 0.05) is 0 Å². The van der Waals surface area contributed by atoms with E-state index in [2.05, 4.69) is 17.2 Å². The molecule has 0 amide bonds. The van der Waals surface area contributed by atoms with E-state index < -0.39 is 15.1 Å². The van der Waals surface area contributed by atoms with Crippen molar-refractivity contribution in [3.05, 3.63) is 0 Å². The Hall–Kier alpha value is -0.530. The van der Waals surface area contributed by atoms with E-state index >= 15 is 0 Å². The van der Waals surface area contributed by atoms with Gasteiger partial charge in [0.25, 0.3) is 0 Å². The topological polar surface area (TPSA) is 46.2 Å². The normalized spacial score (nSPS) is 26.2. The lowest BCUT2D eigenvalue weighted by Crippen LogP contribution is -2.14. The van der Waals surface area contributed by atoms with Gasteiger partial charge in [-0.05, 0) is 19.9 Å². The maximum Gasteiger partial charge on any atom is 0.164 e. The van der Waals surface area contributed by atoms with Crippen molar-refractivity contribution >= 4 is 9.84 Å². The molecule has 0 saturated carbocycles. The molecule has 1 aliphatic rings. The first kappa shape index (κ1) is 9.56. The summed E-state index contributed by atoms with van der Waals surface area (Å²) in [6, 6.07) is 0. The van der Waals surface area contributed by atoms with Crippen molar-refractivity contribution in [2.24, 2.45) is 0 Å². The Kier molecular flexibility index (Phi) is 3.12. The summed E-state index contributed by atoms with van der Waals surface area (Å²) in [5.41, 5.74) is 0. The molecule has 1 rings (SSSR count). The minimum Gasteiger partial charge on any atom is -0.309 e. The van der Waals surface area contributed by atoms with E-state index in [0.29, 0.717) is 18.7 Å². The lowest BCUT2D eigenvalue weighted by Gasteiger charge is -1.97. The highest BCUT2D eigenvalue weighted by atomic mass is 32.2. The molecule has 0 spiro atoms. The Morgan fingerprint density at radius 1 is 1.58 bits per heavy atom. The summed E-state index contributed by atoms with van der Waals surface area (Å²) in [5.74, 6) is 5.88. The molecular formula is C8H13NO2S. The van der Waals surface area contributed by atoms with Crippen molar-refractivity contribution in [3.8, 4) is 11.8 Å². The third-order valence-corrected chi connectivity index (χ3v) is 3.94. The van der Waals surface area contributed by atoms with Crippen molar-refractivity contribution in [3.63, 3.8) is 0 Å². The molecule has 1 fully saturated rings. The van der Waals surface area contributed by atoms with Gasteiger partial charge < -0.3 is 5.32 Å². The molecule has 0 aromatic heterocycles. The maximum absolute atomic E-state index is 11.2. The monoisotopic (exact) mass is 187 g/mol. The Balaban J connectivity index is 2.60. The number of sulfone groups is 1. The van der Waals surface area contributed by atoms with Gasteiger partial charge >= 0.3 is 0 Å². The van der Waals surface area contributed by atoms with E-state index in [1.165, 1.54) is 0 Å². The summed E-state index contributed by atoms with van der Waals surface area (Å²) in [6.45, 7) is 0.562. The standard InChI is InChI=1S/C8H13NO2S/c1-9-6-2-4-8-5-3-7-12(8,10)11/h8-9H,3,5-7H2,1H3. The molecule has 0 bridgehead atoms. The van der Waals surface area contributed by atoms with Crippen LogP contribution in [0.3, 0.4) is 0 Å². The predicted octanol–water partition coefficient (Wildman–Crippen LogP) is -0.214. The number of hydrogen-bond acceptors (Lipinski definition) is 3. The van der Waals surface area contributed by atoms with Crippen LogP contribution in [0.15, 0.2) is 0 Å². The molecule has 12 heavy (non-hydrogen) atoms. The molecule has 1 saturated heterocycles. The molecule has 1 heterocycles.